The molecule has 0 aromatic heterocycles. The minimum atomic E-state index is -0.0531. The zero-order valence-electron chi connectivity index (χ0n) is 12.0. The van der Waals surface area contributed by atoms with Gasteiger partial charge in [-0.3, -0.25) is 9.59 Å². The Kier molecular flexibility index (Phi) is 4.90. The quantitative estimate of drug-likeness (QED) is 0.799. The second-order valence-corrected chi connectivity index (χ2v) is 5.70. The topological polar surface area (TPSA) is 75.4 Å². The van der Waals surface area contributed by atoms with Gasteiger partial charge in [-0.2, -0.15) is 0 Å². The number of hydrogen-bond acceptors (Lipinski definition) is 3. The molecule has 5 nitrogen and oxygen atoms in total. The molecule has 112 valence electrons. The maximum absolute atomic E-state index is 12.2. The lowest BCUT2D eigenvalue weighted by Crippen LogP contribution is -2.37. The predicted molar refractivity (Wildman–Crippen MR) is 84.8 cm³/mol. The number of nitrogens with one attached hydrogen (secondary N) is 1. The largest absolute Gasteiger partial charge is 0.389 e. The number of likely N-dealkylation sites (tertiary alicyclic amines) is 1. The van der Waals surface area contributed by atoms with Gasteiger partial charge in [0.05, 0.1) is 6.42 Å². The third kappa shape index (κ3) is 4.26. The molecule has 0 saturated carbocycles. The molecule has 0 aliphatic carbocycles. The Hall–Kier alpha value is -1.95. The Bertz CT molecular complexity index is 557. The summed E-state index contributed by atoms with van der Waals surface area (Å²) in [5, 5.41) is 2.85. The Balaban J connectivity index is 1.90. The normalized spacial score (nSPS) is 17.6. The molecule has 1 unspecified atom stereocenters. The van der Waals surface area contributed by atoms with E-state index in [2.05, 4.69) is 5.32 Å². The molecule has 0 spiro atoms. The first-order chi connectivity index (χ1) is 9.95. The van der Waals surface area contributed by atoms with Crippen LogP contribution >= 0.6 is 12.2 Å². The zero-order chi connectivity index (χ0) is 15.4. The number of benzene rings is 1. The van der Waals surface area contributed by atoms with Gasteiger partial charge in [-0.1, -0.05) is 36.5 Å². The highest BCUT2D eigenvalue weighted by Gasteiger charge is 2.26. The number of nitrogens with two attached hydrogens (primary N) is 1. The summed E-state index contributed by atoms with van der Waals surface area (Å²) in [6, 6.07) is 7.47. The smallest absolute Gasteiger partial charge is 0.227 e. The van der Waals surface area contributed by atoms with Crippen LogP contribution in [0.15, 0.2) is 24.3 Å². The van der Waals surface area contributed by atoms with Crippen molar-refractivity contribution in [2.45, 2.75) is 25.8 Å². The Labute approximate surface area is 129 Å². The van der Waals surface area contributed by atoms with Crippen molar-refractivity contribution in [2.75, 3.05) is 13.1 Å². The van der Waals surface area contributed by atoms with E-state index in [-0.39, 0.29) is 17.9 Å². The maximum atomic E-state index is 12.2. The molecule has 2 rings (SSSR count). The van der Waals surface area contributed by atoms with Crippen molar-refractivity contribution in [3.63, 3.8) is 0 Å². The fourth-order valence-electron chi connectivity index (χ4n) is 2.47. The zero-order valence-corrected chi connectivity index (χ0v) is 12.8. The summed E-state index contributed by atoms with van der Waals surface area (Å²) in [6.45, 7) is 2.77. The number of hydrogen-bond donors (Lipinski definition) is 2. The lowest BCUT2D eigenvalue weighted by molar-refractivity contribution is -0.129. The van der Waals surface area contributed by atoms with Crippen molar-refractivity contribution in [3.8, 4) is 0 Å². The summed E-state index contributed by atoms with van der Waals surface area (Å²) in [4.78, 5) is 25.4. The highest BCUT2D eigenvalue weighted by molar-refractivity contribution is 7.80. The number of thiocarbonyl (C=S) groups is 1. The molecule has 1 heterocycles. The van der Waals surface area contributed by atoms with E-state index in [1.165, 1.54) is 6.92 Å². The first kappa shape index (κ1) is 15.4. The minimum absolute atomic E-state index is 0.0531. The van der Waals surface area contributed by atoms with Gasteiger partial charge >= 0.3 is 0 Å². The summed E-state index contributed by atoms with van der Waals surface area (Å²) < 4.78 is 0. The summed E-state index contributed by atoms with van der Waals surface area (Å²) in [6.07, 6.45) is 1.16. The van der Waals surface area contributed by atoms with Crippen LogP contribution in [0.1, 0.15) is 24.5 Å². The highest BCUT2D eigenvalue weighted by Crippen LogP contribution is 2.12. The molecule has 1 aliphatic rings. The van der Waals surface area contributed by atoms with Crippen molar-refractivity contribution in [1.82, 2.24) is 10.2 Å². The van der Waals surface area contributed by atoms with E-state index in [1.54, 1.807) is 4.90 Å². The molecule has 6 heteroatoms. The molecule has 21 heavy (non-hydrogen) atoms. The van der Waals surface area contributed by atoms with Crippen LogP contribution in [0.3, 0.4) is 0 Å². The van der Waals surface area contributed by atoms with Gasteiger partial charge in [-0.15, -0.1) is 0 Å². The summed E-state index contributed by atoms with van der Waals surface area (Å²) in [5.74, 6) is 0.0218. The van der Waals surface area contributed by atoms with Gasteiger partial charge in [-0.25, -0.2) is 0 Å². The van der Waals surface area contributed by atoms with E-state index in [0.717, 1.165) is 17.5 Å². The summed E-state index contributed by atoms with van der Waals surface area (Å²) >= 11 is 4.90. The maximum Gasteiger partial charge on any atom is 0.227 e. The van der Waals surface area contributed by atoms with Crippen LogP contribution in [0.4, 0.5) is 0 Å². The van der Waals surface area contributed by atoms with Gasteiger partial charge in [0.1, 0.15) is 4.99 Å². The van der Waals surface area contributed by atoms with Crippen LogP contribution in [0, 0.1) is 0 Å². The van der Waals surface area contributed by atoms with Crippen molar-refractivity contribution >= 4 is 29.0 Å². The fraction of sp³-hybridized carbons (Fsp3) is 0.400. The molecule has 1 aromatic carbocycles. The Morgan fingerprint density at radius 1 is 1.38 bits per heavy atom. The lowest BCUT2D eigenvalue weighted by atomic mass is 10.1. The molecule has 2 amide bonds. The van der Waals surface area contributed by atoms with Crippen molar-refractivity contribution in [3.05, 3.63) is 35.4 Å². The summed E-state index contributed by atoms with van der Waals surface area (Å²) in [7, 11) is 0. The number of nitrogens with zero attached hydrogens (tertiary/aromatic N) is 1. The third-order valence-corrected chi connectivity index (χ3v) is 3.78. The average Bonchev–Trinajstić information content (AvgIpc) is 2.87. The van der Waals surface area contributed by atoms with Gasteiger partial charge in [0.25, 0.3) is 0 Å². The van der Waals surface area contributed by atoms with Gasteiger partial charge in [0, 0.05) is 31.6 Å². The monoisotopic (exact) mass is 305 g/mol. The van der Waals surface area contributed by atoms with Crippen molar-refractivity contribution in [2.24, 2.45) is 5.73 Å². The molecular weight excluding hydrogens is 286 g/mol. The molecule has 1 fully saturated rings. The number of carbonyl (C=O) groups is 2. The second-order valence-electron chi connectivity index (χ2n) is 5.26. The van der Waals surface area contributed by atoms with Crippen molar-refractivity contribution < 1.29 is 9.59 Å². The first-order valence-corrected chi connectivity index (χ1v) is 7.30. The number of rotatable bonds is 4. The second kappa shape index (κ2) is 6.67. The molecule has 0 bridgehead atoms. The molecule has 3 N–H and O–H groups in total. The average molecular weight is 305 g/mol. The first-order valence-electron chi connectivity index (χ1n) is 6.89. The van der Waals surface area contributed by atoms with Gasteiger partial charge < -0.3 is 16.0 Å². The molecular formula is C15H19N3O2S. The van der Waals surface area contributed by atoms with Gasteiger partial charge in [-0.05, 0) is 12.0 Å². The van der Waals surface area contributed by atoms with Crippen LogP contribution in [0.5, 0.6) is 0 Å². The van der Waals surface area contributed by atoms with Crippen LogP contribution in [-0.2, 0) is 16.0 Å². The van der Waals surface area contributed by atoms with E-state index in [1.807, 2.05) is 24.3 Å². The third-order valence-electron chi connectivity index (χ3n) is 3.54. The van der Waals surface area contributed by atoms with Crippen LogP contribution < -0.4 is 11.1 Å². The molecule has 0 radical (unpaired) electrons. The van der Waals surface area contributed by atoms with E-state index in [9.17, 15) is 9.59 Å². The SMILES string of the molecule is CC(=O)NC1CCN(C(=O)Cc2ccc(C(N)=S)cc2)C1. The molecule has 1 atom stereocenters. The van der Waals surface area contributed by atoms with Crippen LogP contribution in [0.2, 0.25) is 0 Å². The molecule has 1 aromatic rings. The minimum Gasteiger partial charge on any atom is -0.389 e. The van der Waals surface area contributed by atoms with Crippen molar-refractivity contribution in [1.29, 1.82) is 0 Å². The molecule has 1 aliphatic heterocycles. The predicted octanol–water partition coefficient (Wildman–Crippen LogP) is 0.600. The van der Waals surface area contributed by atoms with E-state index >= 15 is 0 Å². The highest BCUT2D eigenvalue weighted by atomic mass is 32.1. The Morgan fingerprint density at radius 2 is 2.05 bits per heavy atom. The summed E-state index contributed by atoms with van der Waals surface area (Å²) in [5.41, 5.74) is 7.27. The van der Waals surface area contributed by atoms with Crippen LogP contribution in [0.25, 0.3) is 0 Å². The van der Waals surface area contributed by atoms with E-state index in [0.29, 0.717) is 24.5 Å². The lowest BCUT2D eigenvalue weighted by Gasteiger charge is -2.17. The molecule has 1 saturated heterocycles. The fourth-order valence-corrected chi connectivity index (χ4v) is 2.60. The van der Waals surface area contributed by atoms with E-state index < -0.39 is 0 Å². The van der Waals surface area contributed by atoms with Gasteiger partial charge in [0.15, 0.2) is 0 Å². The van der Waals surface area contributed by atoms with Crippen LogP contribution in [-0.4, -0.2) is 40.8 Å². The number of amides is 2. The van der Waals surface area contributed by atoms with Gasteiger partial charge in [0.2, 0.25) is 11.8 Å². The van der Waals surface area contributed by atoms with E-state index in [4.69, 9.17) is 18.0 Å². The Morgan fingerprint density at radius 3 is 2.62 bits per heavy atom. The number of carbonyl (C=O) groups excluding carboxylic acids is 2. The standard InChI is InChI=1S/C15H19N3O2S/c1-10(19)17-13-6-7-18(9-13)14(20)8-11-2-4-12(5-3-11)15(16)21/h2-5,13H,6-9H2,1H3,(H2,16,21)(H,17,19).